The summed E-state index contributed by atoms with van der Waals surface area (Å²) in [6.07, 6.45) is 1.53. The molecule has 3 aromatic rings. The Hall–Kier alpha value is -2.83. The van der Waals surface area contributed by atoms with Crippen molar-refractivity contribution >= 4 is 56.2 Å². The molecule has 3 aromatic carbocycles. The van der Waals surface area contributed by atoms with Crippen LogP contribution >= 0.6 is 38.5 Å². The summed E-state index contributed by atoms with van der Waals surface area (Å²) >= 11 is 5.58. The maximum Gasteiger partial charge on any atom is 0.266 e. The molecule has 0 bridgehead atoms. The molecule has 5 nitrogen and oxygen atoms in total. The van der Waals surface area contributed by atoms with E-state index in [0.29, 0.717) is 29.4 Å². The van der Waals surface area contributed by atoms with Gasteiger partial charge in [0.2, 0.25) is 0 Å². The van der Waals surface area contributed by atoms with Gasteiger partial charge >= 0.3 is 0 Å². The minimum absolute atomic E-state index is 0.00745. The molecular formula is C25H20BrIN2O3. The number of nitrogens with zero attached hydrogens (tertiary/aromatic N) is 1. The van der Waals surface area contributed by atoms with Crippen molar-refractivity contribution in [1.82, 2.24) is 0 Å². The molecule has 162 valence electrons. The standard InChI is InChI=1S/C25H20BrIN2O3/c1-16-3-9-21(10-4-16)29-25(30)19(14-28)11-18-12-22(27)24(23(13-18)31-2)32-15-17-5-7-20(26)8-6-17/h3-13H,15H2,1-2H3,(H,29,30)/b19-11-. The van der Waals surface area contributed by atoms with Gasteiger partial charge in [0.1, 0.15) is 18.2 Å². The fourth-order valence-corrected chi connectivity index (χ4v) is 3.90. The van der Waals surface area contributed by atoms with Crippen molar-refractivity contribution in [3.8, 4) is 17.6 Å². The number of carbonyl (C=O) groups is 1. The fourth-order valence-electron chi connectivity index (χ4n) is 2.85. The number of aryl methyl sites for hydroxylation is 1. The molecule has 0 aliphatic heterocycles. The van der Waals surface area contributed by atoms with Gasteiger partial charge in [-0.3, -0.25) is 4.79 Å². The first-order valence-corrected chi connectivity index (χ1v) is 11.5. The van der Waals surface area contributed by atoms with E-state index in [0.717, 1.165) is 19.2 Å². The lowest BCUT2D eigenvalue weighted by atomic mass is 10.1. The molecule has 0 radical (unpaired) electrons. The second-order valence-corrected chi connectivity index (χ2v) is 9.02. The zero-order chi connectivity index (χ0) is 23.1. The second-order valence-electron chi connectivity index (χ2n) is 6.94. The third kappa shape index (κ3) is 6.34. The first-order valence-electron chi connectivity index (χ1n) is 9.64. The summed E-state index contributed by atoms with van der Waals surface area (Å²) in [6, 6.07) is 20.8. The van der Waals surface area contributed by atoms with Gasteiger partial charge in [0.25, 0.3) is 5.91 Å². The number of hydrogen-bond donors (Lipinski definition) is 1. The van der Waals surface area contributed by atoms with Crippen LogP contribution in [0.25, 0.3) is 6.08 Å². The monoisotopic (exact) mass is 602 g/mol. The highest BCUT2D eigenvalue weighted by molar-refractivity contribution is 14.1. The van der Waals surface area contributed by atoms with Crippen LogP contribution in [0.2, 0.25) is 0 Å². The Morgan fingerprint density at radius 2 is 1.84 bits per heavy atom. The molecule has 0 fully saturated rings. The molecule has 32 heavy (non-hydrogen) atoms. The van der Waals surface area contributed by atoms with E-state index >= 15 is 0 Å². The van der Waals surface area contributed by atoms with Crippen molar-refractivity contribution < 1.29 is 14.3 Å². The summed E-state index contributed by atoms with van der Waals surface area (Å²) in [5.74, 6) is 0.660. The van der Waals surface area contributed by atoms with E-state index in [4.69, 9.17) is 9.47 Å². The van der Waals surface area contributed by atoms with Crippen LogP contribution in [0, 0.1) is 21.8 Å². The van der Waals surface area contributed by atoms with Crippen LogP contribution in [0.3, 0.4) is 0 Å². The first kappa shape index (κ1) is 23.8. The molecule has 0 saturated heterocycles. The Morgan fingerprint density at radius 1 is 1.16 bits per heavy atom. The molecule has 0 aliphatic carbocycles. The zero-order valence-corrected chi connectivity index (χ0v) is 21.2. The van der Waals surface area contributed by atoms with Crippen molar-refractivity contribution in [3.05, 3.63) is 91.0 Å². The van der Waals surface area contributed by atoms with Crippen molar-refractivity contribution in [2.45, 2.75) is 13.5 Å². The summed E-state index contributed by atoms with van der Waals surface area (Å²) in [6.45, 7) is 2.35. The van der Waals surface area contributed by atoms with Gasteiger partial charge in [-0.15, -0.1) is 0 Å². The predicted molar refractivity (Wildman–Crippen MR) is 138 cm³/mol. The number of nitrogens with one attached hydrogen (secondary N) is 1. The maximum absolute atomic E-state index is 12.6. The SMILES string of the molecule is COc1cc(/C=C(/C#N)C(=O)Nc2ccc(C)cc2)cc(I)c1OCc1ccc(Br)cc1. The quantitative estimate of drug-likeness (QED) is 0.190. The Morgan fingerprint density at radius 3 is 2.47 bits per heavy atom. The van der Waals surface area contributed by atoms with Gasteiger partial charge in [0.15, 0.2) is 11.5 Å². The lowest BCUT2D eigenvalue weighted by Gasteiger charge is -2.14. The second kappa shape index (κ2) is 11.2. The summed E-state index contributed by atoms with van der Waals surface area (Å²) in [5.41, 5.74) is 3.40. The zero-order valence-electron chi connectivity index (χ0n) is 17.5. The van der Waals surface area contributed by atoms with E-state index < -0.39 is 5.91 Å². The molecule has 0 saturated carbocycles. The highest BCUT2D eigenvalue weighted by Crippen LogP contribution is 2.35. The van der Waals surface area contributed by atoms with Crippen molar-refractivity contribution in [1.29, 1.82) is 5.26 Å². The normalized spacial score (nSPS) is 10.9. The number of benzene rings is 3. The number of nitriles is 1. The molecule has 3 rings (SSSR count). The average Bonchev–Trinajstić information content (AvgIpc) is 2.79. The summed E-state index contributed by atoms with van der Waals surface area (Å²) in [5, 5.41) is 12.3. The average molecular weight is 603 g/mol. The Bertz CT molecular complexity index is 1180. The van der Waals surface area contributed by atoms with Gasteiger partial charge in [-0.05, 0) is 83.1 Å². The molecule has 1 N–H and O–H groups in total. The third-order valence-electron chi connectivity index (χ3n) is 4.53. The van der Waals surface area contributed by atoms with Crippen molar-refractivity contribution in [2.75, 3.05) is 12.4 Å². The van der Waals surface area contributed by atoms with Crippen molar-refractivity contribution in [2.24, 2.45) is 0 Å². The Balaban J connectivity index is 1.80. The molecule has 0 aromatic heterocycles. The summed E-state index contributed by atoms with van der Waals surface area (Å²) in [4.78, 5) is 12.6. The van der Waals surface area contributed by atoms with Gasteiger partial charge in [-0.2, -0.15) is 5.26 Å². The number of ether oxygens (including phenoxy) is 2. The van der Waals surface area contributed by atoms with Gasteiger partial charge in [0.05, 0.1) is 10.7 Å². The Labute approximate surface area is 209 Å². The highest BCUT2D eigenvalue weighted by Gasteiger charge is 2.14. The minimum atomic E-state index is -0.471. The molecule has 7 heteroatoms. The number of amides is 1. The van der Waals surface area contributed by atoms with Crippen LogP contribution in [-0.2, 0) is 11.4 Å². The van der Waals surface area contributed by atoms with Gasteiger partial charge in [0, 0.05) is 10.2 Å². The van der Waals surface area contributed by atoms with Gasteiger partial charge < -0.3 is 14.8 Å². The molecule has 0 aliphatic rings. The number of carbonyl (C=O) groups excluding carboxylic acids is 1. The molecule has 0 atom stereocenters. The van der Waals surface area contributed by atoms with E-state index in [1.54, 1.807) is 25.3 Å². The lowest BCUT2D eigenvalue weighted by Crippen LogP contribution is -2.13. The van der Waals surface area contributed by atoms with Crippen LogP contribution in [0.15, 0.2) is 70.7 Å². The van der Waals surface area contributed by atoms with E-state index in [2.05, 4.69) is 43.8 Å². The van der Waals surface area contributed by atoms with Crippen molar-refractivity contribution in [3.63, 3.8) is 0 Å². The fraction of sp³-hybridized carbons (Fsp3) is 0.120. The van der Waals surface area contributed by atoms with Crippen LogP contribution in [-0.4, -0.2) is 13.0 Å². The van der Waals surface area contributed by atoms with Crippen LogP contribution in [0.5, 0.6) is 11.5 Å². The number of methoxy groups -OCH3 is 1. The predicted octanol–water partition coefficient (Wildman–Crippen LogP) is 6.50. The smallest absolute Gasteiger partial charge is 0.266 e. The van der Waals surface area contributed by atoms with E-state index in [-0.39, 0.29) is 5.57 Å². The van der Waals surface area contributed by atoms with Gasteiger partial charge in [-0.1, -0.05) is 45.8 Å². The molecule has 0 unspecified atom stereocenters. The molecule has 1 amide bonds. The summed E-state index contributed by atoms with van der Waals surface area (Å²) in [7, 11) is 1.56. The third-order valence-corrected chi connectivity index (χ3v) is 5.86. The minimum Gasteiger partial charge on any atom is -0.493 e. The molecule has 0 spiro atoms. The highest BCUT2D eigenvalue weighted by atomic mass is 127. The first-order chi connectivity index (χ1) is 15.4. The van der Waals surface area contributed by atoms with E-state index in [1.807, 2.05) is 55.5 Å². The number of anilines is 1. The molecular weight excluding hydrogens is 583 g/mol. The molecule has 0 heterocycles. The van der Waals surface area contributed by atoms with E-state index in [9.17, 15) is 10.1 Å². The van der Waals surface area contributed by atoms with Crippen LogP contribution in [0.1, 0.15) is 16.7 Å². The topological polar surface area (TPSA) is 71.3 Å². The lowest BCUT2D eigenvalue weighted by molar-refractivity contribution is -0.112. The maximum atomic E-state index is 12.6. The number of hydrogen-bond acceptors (Lipinski definition) is 4. The number of rotatable bonds is 7. The summed E-state index contributed by atoms with van der Waals surface area (Å²) < 4.78 is 13.3. The van der Waals surface area contributed by atoms with Crippen LogP contribution < -0.4 is 14.8 Å². The largest absolute Gasteiger partial charge is 0.493 e. The number of halogens is 2. The van der Waals surface area contributed by atoms with E-state index in [1.165, 1.54) is 6.08 Å². The van der Waals surface area contributed by atoms with Gasteiger partial charge in [-0.25, -0.2) is 0 Å². The Kier molecular flexibility index (Phi) is 8.31. The van der Waals surface area contributed by atoms with Crippen LogP contribution in [0.4, 0.5) is 5.69 Å².